The third-order valence-corrected chi connectivity index (χ3v) is 4.50. The summed E-state index contributed by atoms with van der Waals surface area (Å²) < 4.78 is 3.93. The first-order chi connectivity index (χ1) is 11.7. The second-order valence-corrected chi connectivity index (χ2v) is 5.95. The van der Waals surface area contributed by atoms with Crippen LogP contribution in [0.4, 0.5) is 0 Å². The summed E-state index contributed by atoms with van der Waals surface area (Å²) in [7, 11) is 0. The summed E-state index contributed by atoms with van der Waals surface area (Å²) in [6.45, 7) is 1.82. The second kappa shape index (κ2) is 5.72. The van der Waals surface area contributed by atoms with Crippen LogP contribution in [0.25, 0.3) is 22.7 Å². The molecule has 0 radical (unpaired) electrons. The lowest BCUT2D eigenvalue weighted by atomic mass is 10.2. The summed E-state index contributed by atoms with van der Waals surface area (Å²) in [5, 5.41) is 0. The minimum atomic E-state index is 0.0151. The predicted molar refractivity (Wildman–Crippen MR) is 98.4 cm³/mol. The van der Waals surface area contributed by atoms with Crippen molar-refractivity contribution < 1.29 is 0 Å². The molecule has 0 aliphatic carbocycles. The van der Waals surface area contributed by atoms with Crippen molar-refractivity contribution in [2.75, 3.05) is 0 Å². The molecule has 0 atom stereocenters. The van der Waals surface area contributed by atoms with Gasteiger partial charge < -0.3 is 9.55 Å². The van der Waals surface area contributed by atoms with E-state index in [9.17, 15) is 4.79 Å². The van der Waals surface area contributed by atoms with E-state index in [1.807, 2.05) is 52.7 Å². The zero-order valence-electron chi connectivity index (χ0n) is 13.1. The van der Waals surface area contributed by atoms with Crippen LogP contribution in [0.3, 0.4) is 0 Å². The molecule has 1 aromatic carbocycles. The number of hydrogen-bond donors (Lipinski definition) is 2. The normalized spacial score (nSPS) is 11.2. The Morgan fingerprint density at radius 2 is 1.96 bits per heavy atom. The van der Waals surface area contributed by atoms with E-state index >= 15 is 0 Å². The zero-order valence-corrected chi connectivity index (χ0v) is 14.0. The van der Waals surface area contributed by atoms with Crippen LogP contribution in [0.2, 0.25) is 0 Å². The SMILES string of the molecule is Cc1c(CS)n(-c2nc3ccc(-n4cccc4)cc3[nH]2)ccc1=O. The van der Waals surface area contributed by atoms with Crippen molar-refractivity contribution in [2.45, 2.75) is 12.7 Å². The van der Waals surface area contributed by atoms with E-state index in [2.05, 4.69) is 28.7 Å². The molecule has 4 rings (SSSR count). The predicted octanol–water partition coefficient (Wildman–Crippen LogP) is 3.24. The van der Waals surface area contributed by atoms with Crippen molar-refractivity contribution in [3.63, 3.8) is 0 Å². The lowest BCUT2D eigenvalue weighted by molar-refractivity contribution is 0.888. The molecule has 24 heavy (non-hydrogen) atoms. The fourth-order valence-corrected chi connectivity index (χ4v) is 3.23. The molecule has 0 spiro atoms. The molecule has 4 aromatic rings. The average Bonchev–Trinajstić information content (AvgIpc) is 3.25. The zero-order chi connectivity index (χ0) is 16.7. The summed E-state index contributed by atoms with van der Waals surface area (Å²) >= 11 is 4.36. The van der Waals surface area contributed by atoms with Gasteiger partial charge in [-0.15, -0.1) is 0 Å². The molecule has 0 saturated heterocycles. The molecule has 0 aliphatic heterocycles. The van der Waals surface area contributed by atoms with Crippen LogP contribution in [-0.4, -0.2) is 19.1 Å². The smallest absolute Gasteiger partial charge is 0.212 e. The molecule has 0 saturated carbocycles. The third-order valence-electron chi connectivity index (χ3n) is 4.20. The number of hydrogen-bond acceptors (Lipinski definition) is 3. The molecule has 120 valence electrons. The van der Waals surface area contributed by atoms with Crippen molar-refractivity contribution in [1.82, 2.24) is 19.1 Å². The summed E-state index contributed by atoms with van der Waals surface area (Å²) in [6, 6.07) is 11.6. The molecule has 0 fully saturated rings. The van der Waals surface area contributed by atoms with Gasteiger partial charge in [0.2, 0.25) is 5.95 Å². The van der Waals surface area contributed by atoms with E-state index in [1.165, 1.54) is 0 Å². The van der Waals surface area contributed by atoms with Gasteiger partial charge >= 0.3 is 0 Å². The minimum Gasteiger partial charge on any atom is -0.324 e. The maximum absolute atomic E-state index is 11.8. The lowest BCUT2D eigenvalue weighted by Gasteiger charge is -2.10. The van der Waals surface area contributed by atoms with Crippen LogP contribution in [0.15, 0.2) is 59.8 Å². The highest BCUT2D eigenvalue weighted by Crippen LogP contribution is 2.20. The number of imidazole rings is 1. The molecule has 3 heterocycles. The van der Waals surface area contributed by atoms with Gasteiger partial charge in [0.1, 0.15) is 0 Å². The molecular formula is C18H16N4OS. The van der Waals surface area contributed by atoms with Crippen LogP contribution in [0, 0.1) is 6.92 Å². The molecule has 1 N–H and O–H groups in total. The van der Waals surface area contributed by atoms with E-state index in [0.29, 0.717) is 17.3 Å². The molecule has 3 aromatic heterocycles. The Bertz CT molecular complexity index is 1080. The first-order valence-electron chi connectivity index (χ1n) is 7.63. The molecule has 0 amide bonds. The number of rotatable bonds is 3. The van der Waals surface area contributed by atoms with Gasteiger partial charge in [0.25, 0.3) is 0 Å². The van der Waals surface area contributed by atoms with Gasteiger partial charge in [-0.25, -0.2) is 4.98 Å². The number of thiol groups is 1. The average molecular weight is 336 g/mol. The van der Waals surface area contributed by atoms with Crippen LogP contribution in [0.1, 0.15) is 11.3 Å². The van der Waals surface area contributed by atoms with Crippen LogP contribution < -0.4 is 5.43 Å². The van der Waals surface area contributed by atoms with E-state index in [-0.39, 0.29) is 5.43 Å². The van der Waals surface area contributed by atoms with Crippen molar-refractivity contribution in [3.8, 4) is 11.6 Å². The van der Waals surface area contributed by atoms with Gasteiger partial charge in [-0.3, -0.25) is 9.36 Å². The molecular weight excluding hydrogens is 320 g/mol. The Kier molecular flexibility index (Phi) is 3.54. The van der Waals surface area contributed by atoms with E-state index < -0.39 is 0 Å². The van der Waals surface area contributed by atoms with E-state index in [1.54, 1.807) is 12.3 Å². The van der Waals surface area contributed by atoms with E-state index in [4.69, 9.17) is 0 Å². The van der Waals surface area contributed by atoms with Gasteiger partial charge in [-0.2, -0.15) is 12.6 Å². The highest BCUT2D eigenvalue weighted by molar-refractivity contribution is 7.79. The number of aromatic amines is 1. The Morgan fingerprint density at radius 1 is 1.17 bits per heavy atom. The fourth-order valence-electron chi connectivity index (χ4n) is 2.84. The number of pyridine rings is 1. The summed E-state index contributed by atoms with van der Waals surface area (Å²) in [5.74, 6) is 1.15. The Morgan fingerprint density at radius 3 is 2.71 bits per heavy atom. The topological polar surface area (TPSA) is 55.6 Å². The van der Waals surface area contributed by atoms with Gasteiger partial charge in [0, 0.05) is 47.4 Å². The molecule has 0 unspecified atom stereocenters. The Labute approximate surface area is 144 Å². The van der Waals surface area contributed by atoms with Crippen molar-refractivity contribution >= 4 is 23.7 Å². The van der Waals surface area contributed by atoms with Crippen LogP contribution in [0.5, 0.6) is 0 Å². The maximum atomic E-state index is 11.8. The van der Waals surface area contributed by atoms with Crippen molar-refractivity contribution in [3.05, 3.63) is 76.5 Å². The standard InChI is InChI=1S/C18H16N4OS/c1-12-16(11-24)22(9-6-17(12)23)18-19-14-5-4-13(10-15(14)20-18)21-7-2-3-8-21/h2-10,24H,11H2,1H3,(H,19,20). The number of nitrogens with zero attached hydrogens (tertiary/aromatic N) is 3. The van der Waals surface area contributed by atoms with Crippen LogP contribution >= 0.6 is 12.6 Å². The Balaban J connectivity index is 1.87. The quantitative estimate of drug-likeness (QED) is 0.564. The van der Waals surface area contributed by atoms with E-state index in [0.717, 1.165) is 22.4 Å². The van der Waals surface area contributed by atoms with Crippen molar-refractivity contribution in [2.24, 2.45) is 0 Å². The summed E-state index contributed by atoms with van der Waals surface area (Å²) in [5.41, 5.74) is 4.44. The number of aromatic nitrogens is 4. The molecule has 0 aliphatic rings. The van der Waals surface area contributed by atoms with Gasteiger partial charge in [-0.05, 0) is 37.3 Å². The summed E-state index contributed by atoms with van der Waals surface area (Å²) in [6.07, 6.45) is 5.75. The first-order valence-corrected chi connectivity index (χ1v) is 8.26. The molecule has 5 nitrogen and oxygen atoms in total. The number of benzene rings is 1. The van der Waals surface area contributed by atoms with Gasteiger partial charge in [0.05, 0.1) is 11.0 Å². The second-order valence-electron chi connectivity index (χ2n) is 5.63. The van der Waals surface area contributed by atoms with Gasteiger partial charge in [-0.1, -0.05) is 0 Å². The highest BCUT2D eigenvalue weighted by atomic mass is 32.1. The summed E-state index contributed by atoms with van der Waals surface area (Å²) in [4.78, 5) is 19.8. The molecule has 0 bridgehead atoms. The number of fused-ring (bicyclic) bond motifs is 1. The minimum absolute atomic E-state index is 0.0151. The lowest BCUT2D eigenvalue weighted by Crippen LogP contribution is -2.14. The fraction of sp³-hybridized carbons (Fsp3) is 0.111. The van der Waals surface area contributed by atoms with Crippen molar-refractivity contribution in [1.29, 1.82) is 0 Å². The largest absolute Gasteiger partial charge is 0.324 e. The highest BCUT2D eigenvalue weighted by Gasteiger charge is 2.11. The third kappa shape index (κ3) is 2.35. The Hall–Kier alpha value is -2.73. The van der Waals surface area contributed by atoms with Crippen LogP contribution in [-0.2, 0) is 5.75 Å². The first kappa shape index (κ1) is 14.8. The van der Waals surface area contributed by atoms with Gasteiger partial charge in [0.15, 0.2) is 5.43 Å². The number of nitrogens with one attached hydrogen (secondary N) is 1. The molecule has 6 heteroatoms. The monoisotopic (exact) mass is 336 g/mol. The maximum Gasteiger partial charge on any atom is 0.212 e. The number of H-pyrrole nitrogens is 1.